The molecule has 0 spiro atoms. The van der Waals surface area contributed by atoms with Crippen molar-refractivity contribution >= 4 is 41.0 Å². The number of nitrogens with zero attached hydrogens (tertiary/aromatic N) is 2. The Morgan fingerprint density at radius 3 is 2.46 bits per heavy atom. The summed E-state index contributed by atoms with van der Waals surface area (Å²) in [5, 5.41) is 0.820. The van der Waals surface area contributed by atoms with E-state index in [0.29, 0.717) is 15.8 Å². The lowest BCUT2D eigenvalue weighted by Crippen LogP contribution is -2.40. The van der Waals surface area contributed by atoms with Crippen LogP contribution in [0, 0.1) is 0 Å². The molecule has 1 saturated carbocycles. The Morgan fingerprint density at radius 1 is 1.08 bits per heavy atom. The average molecular weight is 371 g/mol. The first-order valence-electron chi connectivity index (χ1n) is 7.76. The summed E-state index contributed by atoms with van der Waals surface area (Å²) >= 11 is 11.8. The van der Waals surface area contributed by atoms with Crippen molar-refractivity contribution in [1.29, 1.82) is 0 Å². The first-order chi connectivity index (χ1) is 11.5. The summed E-state index contributed by atoms with van der Waals surface area (Å²) in [5.74, 6) is -1.13. The van der Waals surface area contributed by atoms with Crippen molar-refractivity contribution < 1.29 is 19.1 Å². The number of carbonyl (C=O) groups excluding carboxylic acids is 3. The zero-order chi connectivity index (χ0) is 17.3. The van der Waals surface area contributed by atoms with Gasteiger partial charge in [-0.25, -0.2) is 4.79 Å². The van der Waals surface area contributed by atoms with E-state index in [1.165, 1.54) is 6.07 Å². The topological polar surface area (TPSA) is 66.9 Å². The SMILES string of the molecule is O=C1C(=O)N(C2CCCC2)C(=O)N1CCOc1ccc(Cl)cc1Cl. The molecule has 3 rings (SSSR count). The van der Waals surface area contributed by atoms with Crippen LogP contribution in [0.1, 0.15) is 25.7 Å². The van der Waals surface area contributed by atoms with Crippen molar-refractivity contribution in [3.8, 4) is 5.75 Å². The number of urea groups is 1. The number of hydrogen-bond acceptors (Lipinski definition) is 4. The molecule has 128 valence electrons. The highest BCUT2D eigenvalue weighted by atomic mass is 35.5. The number of ether oxygens (including phenoxy) is 1. The fraction of sp³-hybridized carbons (Fsp3) is 0.438. The number of amides is 4. The number of halogens is 2. The molecule has 6 nitrogen and oxygen atoms in total. The summed E-state index contributed by atoms with van der Waals surface area (Å²) in [6, 6.07) is 4.05. The molecular formula is C16H16Cl2N2O4. The van der Waals surface area contributed by atoms with Crippen LogP contribution in [0.5, 0.6) is 5.75 Å². The first kappa shape index (κ1) is 17.0. The lowest BCUT2D eigenvalue weighted by molar-refractivity contribution is -0.144. The van der Waals surface area contributed by atoms with E-state index < -0.39 is 17.8 Å². The summed E-state index contributed by atoms with van der Waals surface area (Å²) < 4.78 is 5.48. The van der Waals surface area contributed by atoms with Gasteiger partial charge in [0.1, 0.15) is 12.4 Å². The number of benzene rings is 1. The summed E-state index contributed by atoms with van der Waals surface area (Å²) in [5.41, 5.74) is 0. The molecule has 4 amide bonds. The monoisotopic (exact) mass is 370 g/mol. The van der Waals surface area contributed by atoms with Crippen LogP contribution >= 0.6 is 23.2 Å². The third-order valence-corrected chi connectivity index (χ3v) is 4.77. The van der Waals surface area contributed by atoms with Gasteiger partial charge in [-0.2, -0.15) is 0 Å². The second-order valence-electron chi connectivity index (χ2n) is 5.78. The van der Waals surface area contributed by atoms with Crippen LogP contribution in [0.3, 0.4) is 0 Å². The van der Waals surface area contributed by atoms with Crippen LogP contribution in [0.2, 0.25) is 10.0 Å². The van der Waals surface area contributed by atoms with Gasteiger partial charge in [0, 0.05) is 11.1 Å². The summed E-state index contributed by atoms with van der Waals surface area (Å²) in [4.78, 5) is 38.5. The zero-order valence-corrected chi connectivity index (χ0v) is 14.3. The van der Waals surface area contributed by atoms with E-state index in [4.69, 9.17) is 27.9 Å². The van der Waals surface area contributed by atoms with E-state index in [1.807, 2.05) is 0 Å². The Morgan fingerprint density at radius 2 is 1.79 bits per heavy atom. The van der Waals surface area contributed by atoms with Crippen LogP contribution in [0.25, 0.3) is 0 Å². The summed E-state index contributed by atoms with van der Waals surface area (Å²) in [7, 11) is 0. The Labute approximate surface area is 149 Å². The van der Waals surface area contributed by atoms with E-state index in [2.05, 4.69) is 0 Å². The summed E-state index contributed by atoms with van der Waals surface area (Å²) in [6.45, 7) is 0.0379. The number of imide groups is 2. The molecule has 24 heavy (non-hydrogen) atoms. The van der Waals surface area contributed by atoms with Crippen molar-refractivity contribution in [2.45, 2.75) is 31.7 Å². The number of carbonyl (C=O) groups is 3. The van der Waals surface area contributed by atoms with Gasteiger partial charge in [0.15, 0.2) is 0 Å². The van der Waals surface area contributed by atoms with Gasteiger partial charge in [0.2, 0.25) is 0 Å². The largest absolute Gasteiger partial charge is 0.490 e. The van der Waals surface area contributed by atoms with Crippen LogP contribution in [0.4, 0.5) is 4.79 Å². The maximum Gasteiger partial charge on any atom is 0.334 e. The van der Waals surface area contributed by atoms with Crippen molar-refractivity contribution in [2.24, 2.45) is 0 Å². The molecule has 1 aliphatic carbocycles. The van der Waals surface area contributed by atoms with Crippen molar-refractivity contribution in [1.82, 2.24) is 9.80 Å². The normalized spacial score (nSPS) is 18.8. The third-order valence-electron chi connectivity index (χ3n) is 4.24. The molecule has 0 aromatic heterocycles. The average Bonchev–Trinajstić information content (AvgIpc) is 3.12. The van der Waals surface area contributed by atoms with Crippen LogP contribution in [-0.4, -0.2) is 46.8 Å². The zero-order valence-electron chi connectivity index (χ0n) is 12.8. The van der Waals surface area contributed by atoms with Gasteiger partial charge in [-0.15, -0.1) is 0 Å². The molecule has 0 N–H and O–H groups in total. The molecule has 1 aromatic carbocycles. The van der Waals surface area contributed by atoms with E-state index in [1.54, 1.807) is 12.1 Å². The summed E-state index contributed by atoms with van der Waals surface area (Å²) in [6.07, 6.45) is 3.45. The van der Waals surface area contributed by atoms with Gasteiger partial charge in [-0.1, -0.05) is 36.0 Å². The Hall–Kier alpha value is -1.79. The molecule has 1 aromatic rings. The fourth-order valence-electron chi connectivity index (χ4n) is 3.04. The highest BCUT2D eigenvalue weighted by Crippen LogP contribution is 2.29. The molecule has 2 fully saturated rings. The molecule has 0 atom stereocenters. The number of rotatable bonds is 5. The van der Waals surface area contributed by atoms with E-state index in [9.17, 15) is 14.4 Å². The third kappa shape index (κ3) is 3.21. The number of hydrogen-bond donors (Lipinski definition) is 0. The molecule has 1 saturated heterocycles. The van der Waals surface area contributed by atoms with Gasteiger partial charge in [0.05, 0.1) is 11.6 Å². The van der Waals surface area contributed by atoms with Crippen LogP contribution < -0.4 is 4.74 Å². The molecule has 0 bridgehead atoms. The molecule has 8 heteroatoms. The molecule has 2 aliphatic rings. The van der Waals surface area contributed by atoms with Gasteiger partial charge in [-0.3, -0.25) is 19.4 Å². The highest BCUT2D eigenvalue weighted by Gasteiger charge is 2.47. The molecule has 0 radical (unpaired) electrons. The predicted molar refractivity (Wildman–Crippen MR) is 88.2 cm³/mol. The maximum atomic E-state index is 12.4. The lowest BCUT2D eigenvalue weighted by atomic mass is 10.2. The molecule has 0 unspecified atom stereocenters. The Bertz CT molecular complexity index is 689. The van der Waals surface area contributed by atoms with Crippen LogP contribution in [-0.2, 0) is 9.59 Å². The van der Waals surface area contributed by atoms with Crippen molar-refractivity contribution in [3.05, 3.63) is 28.2 Å². The lowest BCUT2D eigenvalue weighted by Gasteiger charge is -2.21. The van der Waals surface area contributed by atoms with Crippen LogP contribution in [0.15, 0.2) is 18.2 Å². The van der Waals surface area contributed by atoms with E-state index in [-0.39, 0.29) is 19.2 Å². The minimum atomic E-state index is -0.794. The van der Waals surface area contributed by atoms with E-state index >= 15 is 0 Å². The highest BCUT2D eigenvalue weighted by molar-refractivity contribution is 6.44. The van der Waals surface area contributed by atoms with Gasteiger partial charge < -0.3 is 4.74 Å². The van der Waals surface area contributed by atoms with E-state index in [0.717, 1.165) is 35.5 Å². The molecule has 1 heterocycles. The second kappa shape index (κ2) is 6.99. The maximum absolute atomic E-state index is 12.4. The van der Waals surface area contributed by atoms with Gasteiger partial charge >= 0.3 is 17.8 Å². The predicted octanol–water partition coefficient (Wildman–Crippen LogP) is 3.11. The molecular weight excluding hydrogens is 355 g/mol. The standard InChI is InChI=1S/C16H16Cl2N2O4/c17-10-5-6-13(12(18)9-10)24-8-7-19-14(21)15(22)20(16(19)23)11-3-1-2-4-11/h5-6,9,11H,1-4,7-8H2. The Balaban J connectivity index is 1.61. The molecule has 1 aliphatic heterocycles. The van der Waals surface area contributed by atoms with Gasteiger partial charge in [-0.05, 0) is 31.0 Å². The van der Waals surface area contributed by atoms with Crippen molar-refractivity contribution in [2.75, 3.05) is 13.2 Å². The smallest absolute Gasteiger partial charge is 0.334 e. The minimum absolute atomic E-state index is 0.00835. The Kier molecular flexibility index (Phi) is 4.96. The fourth-order valence-corrected chi connectivity index (χ4v) is 3.51. The van der Waals surface area contributed by atoms with Gasteiger partial charge in [0.25, 0.3) is 0 Å². The second-order valence-corrected chi connectivity index (χ2v) is 6.62. The minimum Gasteiger partial charge on any atom is -0.490 e. The quantitative estimate of drug-likeness (QED) is 0.589. The first-order valence-corrected chi connectivity index (χ1v) is 8.51. The van der Waals surface area contributed by atoms with Crippen molar-refractivity contribution in [3.63, 3.8) is 0 Å².